The maximum absolute atomic E-state index is 12.4. The van der Waals surface area contributed by atoms with E-state index >= 15 is 0 Å². The maximum atomic E-state index is 12.4. The molecule has 0 aliphatic carbocycles. The van der Waals surface area contributed by atoms with E-state index in [1.54, 1.807) is 12.1 Å². The third-order valence-electron chi connectivity index (χ3n) is 3.33. The van der Waals surface area contributed by atoms with Crippen LogP contribution < -0.4 is 5.32 Å². The van der Waals surface area contributed by atoms with Gasteiger partial charge < -0.3 is 15.5 Å². The van der Waals surface area contributed by atoms with Crippen molar-refractivity contribution in [3.63, 3.8) is 0 Å². The average Bonchev–Trinajstić information content (AvgIpc) is 2.46. The van der Waals surface area contributed by atoms with Crippen LogP contribution in [0.25, 0.3) is 0 Å². The number of ketones is 1. The molecule has 5 heteroatoms. The van der Waals surface area contributed by atoms with Gasteiger partial charge in [-0.05, 0) is 17.9 Å². The molecule has 116 valence electrons. The number of hydrogen-bond donors (Lipinski definition) is 3. The van der Waals surface area contributed by atoms with Crippen molar-refractivity contribution in [2.45, 2.75) is 38.6 Å². The number of carboxylic acid groups (broad SMARTS) is 1. The minimum Gasteiger partial charge on any atom is -0.481 e. The molecule has 0 aromatic heterocycles. The molecule has 1 atom stereocenters. The average molecular weight is 293 g/mol. The fourth-order valence-corrected chi connectivity index (χ4v) is 2.07. The Kier molecular flexibility index (Phi) is 7.05. The molecule has 21 heavy (non-hydrogen) atoms. The summed E-state index contributed by atoms with van der Waals surface area (Å²) in [5.74, 6) is -0.682. The predicted molar refractivity (Wildman–Crippen MR) is 80.6 cm³/mol. The van der Waals surface area contributed by atoms with E-state index in [1.807, 2.05) is 12.1 Å². The number of nitrogens with one attached hydrogen (secondary N) is 1. The molecule has 0 spiro atoms. The van der Waals surface area contributed by atoms with Gasteiger partial charge in [-0.15, -0.1) is 0 Å². The first-order chi connectivity index (χ1) is 9.95. The van der Waals surface area contributed by atoms with Crippen molar-refractivity contribution in [3.05, 3.63) is 35.4 Å². The Morgan fingerprint density at radius 2 is 1.81 bits per heavy atom. The van der Waals surface area contributed by atoms with Crippen molar-refractivity contribution in [3.8, 4) is 0 Å². The Labute approximate surface area is 125 Å². The van der Waals surface area contributed by atoms with E-state index in [-0.39, 0.29) is 31.8 Å². The monoisotopic (exact) mass is 293 g/mol. The normalized spacial score (nSPS) is 12.4. The minimum atomic E-state index is -0.936. The first-order valence-electron chi connectivity index (χ1n) is 7.16. The van der Waals surface area contributed by atoms with Crippen LogP contribution in [0, 0.1) is 0 Å². The number of carbonyl (C=O) groups excluding carboxylic acids is 1. The zero-order chi connectivity index (χ0) is 15.8. The van der Waals surface area contributed by atoms with Crippen molar-refractivity contribution in [1.82, 2.24) is 5.32 Å². The molecule has 0 saturated heterocycles. The Morgan fingerprint density at radius 3 is 2.29 bits per heavy atom. The maximum Gasteiger partial charge on any atom is 0.303 e. The van der Waals surface area contributed by atoms with Gasteiger partial charge in [0.15, 0.2) is 5.78 Å². The number of aliphatic carboxylic acids is 1. The van der Waals surface area contributed by atoms with Crippen LogP contribution in [0.5, 0.6) is 0 Å². The summed E-state index contributed by atoms with van der Waals surface area (Å²) >= 11 is 0. The number of carbonyl (C=O) groups is 2. The lowest BCUT2D eigenvalue weighted by Gasteiger charge is -2.17. The Hall–Kier alpha value is -1.72. The molecule has 0 aliphatic rings. The van der Waals surface area contributed by atoms with Crippen LogP contribution in [0.2, 0.25) is 0 Å². The Balaban J connectivity index is 2.79. The fourth-order valence-electron chi connectivity index (χ4n) is 2.07. The Bertz CT molecular complexity index is 468. The van der Waals surface area contributed by atoms with Gasteiger partial charge in [-0.25, -0.2) is 0 Å². The molecule has 0 fully saturated rings. The van der Waals surface area contributed by atoms with E-state index in [2.05, 4.69) is 19.2 Å². The lowest BCUT2D eigenvalue weighted by molar-refractivity contribution is -0.137. The number of carboxylic acids is 1. The summed E-state index contributed by atoms with van der Waals surface area (Å²) in [5, 5.41) is 20.5. The van der Waals surface area contributed by atoms with Gasteiger partial charge in [0.2, 0.25) is 0 Å². The second-order valence-corrected chi connectivity index (χ2v) is 5.30. The molecule has 1 unspecified atom stereocenters. The zero-order valence-electron chi connectivity index (χ0n) is 12.5. The second kappa shape index (κ2) is 8.54. The van der Waals surface area contributed by atoms with E-state index in [0.717, 1.165) is 5.56 Å². The molecule has 5 nitrogen and oxygen atoms in total. The highest BCUT2D eigenvalue weighted by Gasteiger charge is 2.20. The second-order valence-electron chi connectivity index (χ2n) is 5.30. The molecular formula is C16H23NO4. The molecule has 0 radical (unpaired) electrons. The summed E-state index contributed by atoms with van der Waals surface area (Å²) in [6, 6.07) is 6.78. The molecule has 0 heterocycles. The van der Waals surface area contributed by atoms with Crippen molar-refractivity contribution < 1.29 is 19.8 Å². The van der Waals surface area contributed by atoms with Crippen LogP contribution in [0.1, 0.15) is 48.5 Å². The largest absolute Gasteiger partial charge is 0.481 e. The molecular weight excluding hydrogens is 270 g/mol. The van der Waals surface area contributed by atoms with Gasteiger partial charge >= 0.3 is 5.97 Å². The number of aliphatic hydroxyl groups is 1. The SMILES string of the molecule is CC(C)c1ccc(C(=O)C(CCC(=O)O)NCCO)cc1. The molecule has 0 bridgehead atoms. The van der Waals surface area contributed by atoms with E-state index in [0.29, 0.717) is 11.5 Å². The summed E-state index contributed by atoms with van der Waals surface area (Å²) < 4.78 is 0. The number of hydrogen-bond acceptors (Lipinski definition) is 4. The summed E-state index contributed by atoms with van der Waals surface area (Å²) in [6.07, 6.45) is 0.124. The highest BCUT2D eigenvalue weighted by molar-refractivity contribution is 6.00. The molecule has 3 N–H and O–H groups in total. The summed E-state index contributed by atoms with van der Waals surface area (Å²) in [4.78, 5) is 23.1. The van der Waals surface area contributed by atoms with E-state index in [9.17, 15) is 9.59 Å². The summed E-state index contributed by atoms with van der Waals surface area (Å²) in [6.45, 7) is 4.33. The van der Waals surface area contributed by atoms with Gasteiger partial charge in [0, 0.05) is 18.5 Å². The van der Waals surface area contributed by atoms with Gasteiger partial charge in [0.25, 0.3) is 0 Å². The van der Waals surface area contributed by atoms with Crippen LogP contribution in [-0.4, -0.2) is 41.2 Å². The first kappa shape index (κ1) is 17.3. The molecule has 1 aromatic carbocycles. The molecule has 0 saturated carbocycles. The predicted octanol–water partition coefficient (Wildman–Crippen LogP) is 1.81. The van der Waals surface area contributed by atoms with Crippen molar-refractivity contribution >= 4 is 11.8 Å². The smallest absolute Gasteiger partial charge is 0.303 e. The highest BCUT2D eigenvalue weighted by atomic mass is 16.4. The third kappa shape index (κ3) is 5.65. The number of Topliss-reactive ketones (excluding diaryl/α,β-unsaturated/α-hetero) is 1. The van der Waals surface area contributed by atoms with Gasteiger partial charge in [0.05, 0.1) is 12.6 Å². The van der Waals surface area contributed by atoms with Crippen LogP contribution in [0.3, 0.4) is 0 Å². The number of benzene rings is 1. The molecule has 1 rings (SSSR count). The van der Waals surface area contributed by atoms with Gasteiger partial charge in [-0.2, -0.15) is 0 Å². The number of aliphatic hydroxyl groups excluding tert-OH is 1. The lowest BCUT2D eigenvalue weighted by atomic mass is 9.96. The van der Waals surface area contributed by atoms with E-state index in [1.165, 1.54) is 0 Å². The standard InChI is InChI=1S/C16H23NO4/c1-11(2)12-3-5-13(6-4-12)16(21)14(17-9-10-18)7-8-15(19)20/h3-6,11,14,17-18H,7-10H2,1-2H3,(H,19,20). The fraction of sp³-hybridized carbons (Fsp3) is 0.500. The molecule has 0 aliphatic heterocycles. The first-order valence-corrected chi connectivity index (χ1v) is 7.16. The third-order valence-corrected chi connectivity index (χ3v) is 3.33. The summed E-state index contributed by atoms with van der Waals surface area (Å²) in [7, 11) is 0. The topological polar surface area (TPSA) is 86.6 Å². The summed E-state index contributed by atoms with van der Waals surface area (Å²) in [5.41, 5.74) is 1.71. The Morgan fingerprint density at radius 1 is 1.19 bits per heavy atom. The van der Waals surface area contributed by atoms with Crippen molar-refractivity contribution in [2.75, 3.05) is 13.2 Å². The van der Waals surface area contributed by atoms with Crippen LogP contribution in [0.4, 0.5) is 0 Å². The van der Waals surface area contributed by atoms with Crippen LogP contribution in [0.15, 0.2) is 24.3 Å². The molecule has 1 aromatic rings. The van der Waals surface area contributed by atoms with Crippen LogP contribution in [-0.2, 0) is 4.79 Å². The van der Waals surface area contributed by atoms with Gasteiger partial charge in [-0.1, -0.05) is 38.1 Å². The van der Waals surface area contributed by atoms with E-state index < -0.39 is 12.0 Å². The van der Waals surface area contributed by atoms with Gasteiger partial charge in [-0.3, -0.25) is 9.59 Å². The quantitative estimate of drug-likeness (QED) is 0.604. The zero-order valence-corrected chi connectivity index (χ0v) is 12.5. The lowest BCUT2D eigenvalue weighted by Crippen LogP contribution is -2.38. The number of rotatable bonds is 9. The van der Waals surface area contributed by atoms with Crippen molar-refractivity contribution in [2.24, 2.45) is 0 Å². The highest BCUT2D eigenvalue weighted by Crippen LogP contribution is 2.16. The minimum absolute atomic E-state index is 0.0844. The van der Waals surface area contributed by atoms with E-state index in [4.69, 9.17) is 10.2 Å². The van der Waals surface area contributed by atoms with Gasteiger partial charge in [0.1, 0.15) is 0 Å². The van der Waals surface area contributed by atoms with Crippen molar-refractivity contribution in [1.29, 1.82) is 0 Å². The molecule has 0 amide bonds. The van der Waals surface area contributed by atoms with Crippen LogP contribution >= 0.6 is 0 Å².